The maximum atomic E-state index is 8.86. The van der Waals surface area contributed by atoms with Crippen molar-refractivity contribution in [2.75, 3.05) is 12.4 Å². The smallest absolute Gasteiger partial charge is 0.137 e. The van der Waals surface area contributed by atoms with Gasteiger partial charge in [-0.2, -0.15) is 5.26 Å². The molecule has 19 heavy (non-hydrogen) atoms. The lowest BCUT2D eigenvalue weighted by Gasteiger charge is -2.08. The van der Waals surface area contributed by atoms with Crippen LogP contribution in [0.25, 0.3) is 0 Å². The molecule has 6 heteroatoms. The van der Waals surface area contributed by atoms with Gasteiger partial charge in [-0.25, -0.2) is 4.98 Å². The zero-order chi connectivity index (χ0) is 13.8. The van der Waals surface area contributed by atoms with Gasteiger partial charge in [0.25, 0.3) is 0 Å². The number of aromatic nitrogens is 1. The lowest BCUT2D eigenvalue weighted by atomic mass is 10.2. The van der Waals surface area contributed by atoms with Gasteiger partial charge < -0.3 is 10.1 Å². The first-order valence-corrected chi connectivity index (χ1v) is 6.06. The summed E-state index contributed by atoms with van der Waals surface area (Å²) in [6, 6.07) is 10.3. The molecule has 0 aliphatic heterocycles. The lowest BCUT2D eigenvalue weighted by molar-refractivity contribution is 0.415. The summed E-state index contributed by atoms with van der Waals surface area (Å²) < 4.78 is 5.07. The monoisotopic (exact) mass is 293 g/mol. The van der Waals surface area contributed by atoms with Crippen LogP contribution in [0.4, 0.5) is 11.5 Å². The van der Waals surface area contributed by atoms with E-state index in [-0.39, 0.29) is 5.15 Å². The number of pyridine rings is 1. The Morgan fingerprint density at radius 2 is 2.05 bits per heavy atom. The molecule has 2 aromatic rings. The molecule has 0 bridgehead atoms. The topological polar surface area (TPSA) is 57.9 Å². The van der Waals surface area contributed by atoms with Crippen LogP contribution >= 0.6 is 23.2 Å². The Labute approximate surface area is 120 Å². The minimum atomic E-state index is 0.251. The van der Waals surface area contributed by atoms with E-state index >= 15 is 0 Å². The predicted molar refractivity (Wildman–Crippen MR) is 75.2 cm³/mol. The number of nitriles is 1. The molecule has 1 aromatic heterocycles. The second kappa shape index (κ2) is 5.79. The number of halogens is 2. The molecule has 0 aliphatic rings. The molecule has 0 saturated carbocycles. The summed E-state index contributed by atoms with van der Waals surface area (Å²) in [4.78, 5) is 4.08. The Bertz CT molecular complexity index is 653. The van der Waals surface area contributed by atoms with Gasteiger partial charge in [0.1, 0.15) is 16.7 Å². The van der Waals surface area contributed by atoms with E-state index in [0.717, 1.165) is 5.69 Å². The van der Waals surface area contributed by atoms with Crippen molar-refractivity contribution in [3.05, 3.63) is 46.1 Å². The molecular formula is C13H9Cl2N3O. The van der Waals surface area contributed by atoms with E-state index in [4.69, 9.17) is 33.2 Å². The van der Waals surface area contributed by atoms with Gasteiger partial charge in [0.2, 0.25) is 0 Å². The van der Waals surface area contributed by atoms with E-state index in [0.29, 0.717) is 22.2 Å². The number of rotatable bonds is 3. The quantitative estimate of drug-likeness (QED) is 0.869. The summed E-state index contributed by atoms with van der Waals surface area (Å²) in [5.41, 5.74) is 1.16. The molecule has 0 fully saturated rings. The summed E-state index contributed by atoms with van der Waals surface area (Å²) in [7, 11) is 1.55. The predicted octanol–water partition coefficient (Wildman–Crippen LogP) is 4.01. The first kappa shape index (κ1) is 13.5. The molecule has 0 saturated heterocycles. The summed E-state index contributed by atoms with van der Waals surface area (Å²) in [6.07, 6.45) is 0. The van der Waals surface area contributed by atoms with Crippen molar-refractivity contribution in [3.63, 3.8) is 0 Å². The molecule has 1 N–H and O–H groups in total. The van der Waals surface area contributed by atoms with Crippen molar-refractivity contribution in [2.24, 2.45) is 0 Å². The van der Waals surface area contributed by atoms with Crippen LogP contribution in [0, 0.1) is 11.3 Å². The van der Waals surface area contributed by atoms with E-state index in [9.17, 15) is 0 Å². The number of methoxy groups -OCH3 is 1. The van der Waals surface area contributed by atoms with Crippen molar-refractivity contribution in [1.82, 2.24) is 4.98 Å². The van der Waals surface area contributed by atoms with Crippen molar-refractivity contribution in [3.8, 4) is 11.8 Å². The van der Waals surface area contributed by atoms with Crippen LogP contribution in [0.2, 0.25) is 10.2 Å². The second-order valence-corrected chi connectivity index (χ2v) is 4.44. The van der Waals surface area contributed by atoms with Gasteiger partial charge in [-0.1, -0.05) is 23.2 Å². The standard InChI is InChI=1S/C13H9Cl2N3O/c1-19-11-3-2-9(6-10(11)14)17-13-5-8(7-16)4-12(15)18-13/h2-6H,1H3,(H,17,18). The van der Waals surface area contributed by atoms with Gasteiger partial charge >= 0.3 is 0 Å². The van der Waals surface area contributed by atoms with Gasteiger partial charge in [0.05, 0.1) is 23.8 Å². The molecule has 0 unspecified atom stereocenters. The van der Waals surface area contributed by atoms with Crippen molar-refractivity contribution in [2.45, 2.75) is 0 Å². The normalized spacial score (nSPS) is 9.79. The first-order chi connectivity index (χ1) is 9.12. The lowest BCUT2D eigenvalue weighted by Crippen LogP contribution is -1.95. The molecule has 0 amide bonds. The molecule has 4 nitrogen and oxygen atoms in total. The van der Waals surface area contributed by atoms with Crippen molar-refractivity contribution in [1.29, 1.82) is 5.26 Å². The fourth-order valence-electron chi connectivity index (χ4n) is 1.52. The zero-order valence-corrected chi connectivity index (χ0v) is 11.5. The molecule has 0 spiro atoms. The Hall–Kier alpha value is -1.96. The molecule has 0 aliphatic carbocycles. The first-order valence-electron chi connectivity index (χ1n) is 5.30. The van der Waals surface area contributed by atoms with Crippen LogP contribution in [-0.2, 0) is 0 Å². The third-order valence-electron chi connectivity index (χ3n) is 2.35. The number of ether oxygens (including phenoxy) is 1. The maximum absolute atomic E-state index is 8.86. The van der Waals surface area contributed by atoms with E-state index < -0.39 is 0 Å². The van der Waals surface area contributed by atoms with Crippen LogP contribution < -0.4 is 10.1 Å². The van der Waals surface area contributed by atoms with Gasteiger partial charge in [0.15, 0.2) is 0 Å². The fraction of sp³-hybridized carbons (Fsp3) is 0.0769. The van der Waals surface area contributed by atoms with E-state index in [1.54, 1.807) is 31.4 Å². The third-order valence-corrected chi connectivity index (χ3v) is 2.84. The number of hydrogen-bond donors (Lipinski definition) is 1. The van der Waals surface area contributed by atoms with Gasteiger partial charge in [-0.3, -0.25) is 0 Å². The van der Waals surface area contributed by atoms with Crippen molar-refractivity contribution < 1.29 is 4.74 Å². The Morgan fingerprint density at radius 3 is 2.68 bits per heavy atom. The summed E-state index contributed by atoms with van der Waals surface area (Å²) in [5, 5.41) is 12.6. The minimum Gasteiger partial charge on any atom is -0.495 e. The molecular weight excluding hydrogens is 285 g/mol. The molecule has 0 atom stereocenters. The highest BCUT2D eigenvalue weighted by atomic mass is 35.5. The number of benzene rings is 1. The van der Waals surface area contributed by atoms with Crippen LogP contribution in [0.1, 0.15) is 5.56 Å². The van der Waals surface area contributed by atoms with E-state index in [1.165, 1.54) is 6.07 Å². The zero-order valence-electron chi connectivity index (χ0n) is 9.95. The van der Waals surface area contributed by atoms with Crippen LogP contribution in [-0.4, -0.2) is 12.1 Å². The summed E-state index contributed by atoms with van der Waals surface area (Å²) in [5.74, 6) is 1.06. The Balaban J connectivity index is 2.29. The molecule has 96 valence electrons. The van der Waals surface area contributed by atoms with Crippen LogP contribution in [0.5, 0.6) is 5.75 Å². The highest BCUT2D eigenvalue weighted by Crippen LogP contribution is 2.28. The number of anilines is 2. The highest BCUT2D eigenvalue weighted by Gasteiger charge is 2.04. The minimum absolute atomic E-state index is 0.251. The van der Waals surface area contributed by atoms with Gasteiger partial charge in [-0.15, -0.1) is 0 Å². The molecule has 2 rings (SSSR count). The highest BCUT2D eigenvalue weighted by molar-refractivity contribution is 6.32. The second-order valence-electron chi connectivity index (χ2n) is 3.65. The fourth-order valence-corrected chi connectivity index (χ4v) is 1.98. The molecule has 1 heterocycles. The van der Waals surface area contributed by atoms with Crippen LogP contribution in [0.15, 0.2) is 30.3 Å². The van der Waals surface area contributed by atoms with Crippen molar-refractivity contribution >= 4 is 34.7 Å². The Kier molecular flexibility index (Phi) is 4.10. The third kappa shape index (κ3) is 3.28. The SMILES string of the molecule is COc1ccc(Nc2cc(C#N)cc(Cl)n2)cc1Cl. The van der Waals surface area contributed by atoms with E-state index in [1.807, 2.05) is 6.07 Å². The average molecular weight is 294 g/mol. The Morgan fingerprint density at radius 1 is 1.26 bits per heavy atom. The number of nitrogens with zero attached hydrogens (tertiary/aromatic N) is 2. The average Bonchev–Trinajstić information content (AvgIpc) is 2.38. The van der Waals surface area contributed by atoms with E-state index in [2.05, 4.69) is 10.3 Å². The largest absolute Gasteiger partial charge is 0.495 e. The summed E-state index contributed by atoms with van der Waals surface area (Å²) >= 11 is 11.8. The molecule has 0 radical (unpaired) electrons. The summed E-state index contributed by atoms with van der Waals surface area (Å²) in [6.45, 7) is 0. The maximum Gasteiger partial charge on any atom is 0.137 e. The van der Waals surface area contributed by atoms with Gasteiger partial charge in [0, 0.05) is 5.69 Å². The van der Waals surface area contributed by atoms with Crippen LogP contribution in [0.3, 0.4) is 0 Å². The number of nitrogens with one attached hydrogen (secondary N) is 1. The van der Waals surface area contributed by atoms with Gasteiger partial charge in [-0.05, 0) is 30.3 Å². The molecule has 1 aromatic carbocycles. The number of hydrogen-bond acceptors (Lipinski definition) is 4.